The Labute approximate surface area is 179 Å². The highest BCUT2D eigenvalue weighted by molar-refractivity contribution is 14.0. The van der Waals surface area contributed by atoms with Crippen molar-refractivity contribution in [3.05, 3.63) is 35.4 Å². The van der Waals surface area contributed by atoms with E-state index in [2.05, 4.69) is 48.3 Å². The Morgan fingerprint density at radius 2 is 1.85 bits per heavy atom. The molecule has 2 heterocycles. The van der Waals surface area contributed by atoms with Gasteiger partial charge in [0.05, 0.1) is 6.54 Å². The van der Waals surface area contributed by atoms with Crippen LogP contribution in [0.3, 0.4) is 0 Å². The lowest BCUT2D eigenvalue weighted by molar-refractivity contribution is -0.142. The monoisotopic (exact) mass is 486 g/mol. The Morgan fingerprint density at radius 1 is 1.19 bits per heavy atom. The van der Waals surface area contributed by atoms with Crippen LogP contribution in [0.2, 0.25) is 0 Å². The maximum Gasteiger partial charge on any atom is 0.251 e. The molecule has 1 aromatic rings. The number of piperazine rings is 1. The molecule has 6 nitrogen and oxygen atoms in total. The van der Waals surface area contributed by atoms with Crippen LogP contribution in [-0.4, -0.2) is 67.1 Å². The third-order valence-corrected chi connectivity index (χ3v) is 4.96. The molecule has 1 aromatic carbocycles. The van der Waals surface area contributed by atoms with Gasteiger partial charge in [-0.3, -0.25) is 4.79 Å². The first-order valence-corrected chi connectivity index (χ1v) is 9.66. The number of rotatable bonds is 4. The number of aryl methyl sites for hydroxylation is 1. The molecule has 1 atom stereocenters. The molecule has 0 aliphatic carbocycles. The standard InChI is InChI=1S/C20H30N4O2.HI/c1-3-21-20(22-15-17-8-6-16(2)7-9-17)24-12-10-23(11-13-24)19(25)18-5-4-14-26-18;/h6-9,18H,3-5,10-15H2,1-2H3,(H,21,22);1H. The van der Waals surface area contributed by atoms with Crippen molar-refractivity contribution in [2.75, 3.05) is 39.3 Å². The van der Waals surface area contributed by atoms with E-state index in [0.717, 1.165) is 51.5 Å². The topological polar surface area (TPSA) is 57.2 Å². The van der Waals surface area contributed by atoms with Gasteiger partial charge in [0.1, 0.15) is 6.10 Å². The van der Waals surface area contributed by atoms with Crippen LogP contribution in [-0.2, 0) is 16.1 Å². The van der Waals surface area contributed by atoms with E-state index >= 15 is 0 Å². The summed E-state index contributed by atoms with van der Waals surface area (Å²) in [6.07, 6.45) is 1.64. The van der Waals surface area contributed by atoms with Gasteiger partial charge in [-0.2, -0.15) is 0 Å². The van der Waals surface area contributed by atoms with Gasteiger partial charge in [-0.1, -0.05) is 29.8 Å². The van der Waals surface area contributed by atoms with Crippen LogP contribution in [0.25, 0.3) is 0 Å². The molecule has 150 valence electrons. The van der Waals surface area contributed by atoms with E-state index < -0.39 is 0 Å². The Balaban J connectivity index is 0.00000261. The third-order valence-electron chi connectivity index (χ3n) is 4.96. The van der Waals surface area contributed by atoms with Crippen molar-refractivity contribution in [3.8, 4) is 0 Å². The van der Waals surface area contributed by atoms with Gasteiger partial charge in [0.2, 0.25) is 0 Å². The summed E-state index contributed by atoms with van der Waals surface area (Å²) in [5.41, 5.74) is 2.47. The van der Waals surface area contributed by atoms with Crippen LogP contribution in [0.4, 0.5) is 0 Å². The first-order chi connectivity index (χ1) is 12.7. The van der Waals surface area contributed by atoms with Gasteiger partial charge in [-0.15, -0.1) is 24.0 Å². The van der Waals surface area contributed by atoms with Gasteiger partial charge >= 0.3 is 0 Å². The molecule has 0 aromatic heterocycles. The number of guanidine groups is 1. The summed E-state index contributed by atoms with van der Waals surface area (Å²) >= 11 is 0. The Bertz CT molecular complexity index is 621. The highest BCUT2D eigenvalue weighted by Gasteiger charge is 2.30. The minimum absolute atomic E-state index is 0. The summed E-state index contributed by atoms with van der Waals surface area (Å²) in [4.78, 5) is 21.5. The Kier molecular flexibility index (Phi) is 8.82. The molecule has 1 amide bonds. The summed E-state index contributed by atoms with van der Waals surface area (Å²) < 4.78 is 5.54. The molecule has 0 bridgehead atoms. The molecule has 0 saturated carbocycles. The van der Waals surface area contributed by atoms with E-state index in [1.807, 2.05) is 4.90 Å². The number of amides is 1. The fourth-order valence-corrected chi connectivity index (χ4v) is 3.40. The zero-order valence-corrected chi connectivity index (χ0v) is 18.6. The number of nitrogens with one attached hydrogen (secondary N) is 1. The number of carbonyl (C=O) groups is 1. The summed E-state index contributed by atoms with van der Waals surface area (Å²) in [7, 11) is 0. The van der Waals surface area contributed by atoms with Gasteiger partial charge in [0.15, 0.2) is 5.96 Å². The molecule has 2 aliphatic heterocycles. The third kappa shape index (κ3) is 6.07. The normalized spacial score (nSPS) is 20.4. The number of hydrogen-bond acceptors (Lipinski definition) is 3. The molecular weight excluding hydrogens is 455 g/mol. The van der Waals surface area contributed by atoms with Crippen molar-refractivity contribution < 1.29 is 9.53 Å². The molecule has 1 N–H and O–H groups in total. The zero-order chi connectivity index (χ0) is 18.4. The largest absolute Gasteiger partial charge is 0.368 e. The molecule has 7 heteroatoms. The number of ether oxygens (including phenoxy) is 1. The van der Waals surface area contributed by atoms with E-state index in [1.165, 1.54) is 11.1 Å². The number of halogens is 1. The van der Waals surface area contributed by atoms with E-state index in [-0.39, 0.29) is 36.0 Å². The van der Waals surface area contributed by atoms with E-state index in [1.54, 1.807) is 0 Å². The van der Waals surface area contributed by atoms with Crippen LogP contribution >= 0.6 is 24.0 Å². The molecule has 0 radical (unpaired) electrons. The molecule has 3 rings (SSSR count). The van der Waals surface area contributed by atoms with E-state index in [0.29, 0.717) is 13.2 Å². The highest BCUT2D eigenvalue weighted by Crippen LogP contribution is 2.16. The van der Waals surface area contributed by atoms with Crippen molar-refractivity contribution in [3.63, 3.8) is 0 Å². The maximum absolute atomic E-state index is 12.5. The molecule has 27 heavy (non-hydrogen) atoms. The smallest absolute Gasteiger partial charge is 0.251 e. The van der Waals surface area contributed by atoms with Crippen molar-refractivity contribution in [2.24, 2.45) is 4.99 Å². The number of benzene rings is 1. The quantitative estimate of drug-likeness (QED) is 0.404. The summed E-state index contributed by atoms with van der Waals surface area (Å²) in [6, 6.07) is 8.49. The summed E-state index contributed by atoms with van der Waals surface area (Å²) in [6.45, 7) is 9.46. The minimum Gasteiger partial charge on any atom is -0.368 e. The second kappa shape index (κ2) is 10.8. The van der Waals surface area contributed by atoms with Crippen molar-refractivity contribution in [1.29, 1.82) is 0 Å². The number of nitrogens with zero attached hydrogens (tertiary/aromatic N) is 3. The van der Waals surface area contributed by atoms with Crippen molar-refractivity contribution in [2.45, 2.75) is 39.3 Å². The minimum atomic E-state index is -0.218. The summed E-state index contributed by atoms with van der Waals surface area (Å²) in [5.74, 6) is 1.08. The van der Waals surface area contributed by atoms with Gasteiger partial charge in [0.25, 0.3) is 5.91 Å². The maximum atomic E-state index is 12.5. The summed E-state index contributed by atoms with van der Waals surface area (Å²) in [5, 5.41) is 3.38. The molecule has 2 aliphatic rings. The number of hydrogen-bond donors (Lipinski definition) is 1. The van der Waals surface area contributed by atoms with Gasteiger partial charge in [0, 0.05) is 39.3 Å². The molecular formula is C20H31IN4O2. The lowest BCUT2D eigenvalue weighted by Gasteiger charge is -2.37. The van der Waals surface area contributed by atoms with Crippen LogP contribution < -0.4 is 5.32 Å². The average molecular weight is 486 g/mol. The number of carbonyl (C=O) groups excluding carboxylic acids is 1. The molecule has 2 fully saturated rings. The zero-order valence-electron chi connectivity index (χ0n) is 16.3. The first kappa shape index (κ1) is 21.9. The molecule has 2 saturated heterocycles. The predicted molar refractivity (Wildman–Crippen MR) is 119 cm³/mol. The number of aliphatic imine (C=N–C) groups is 1. The molecule has 1 unspecified atom stereocenters. The Hall–Kier alpha value is -1.35. The first-order valence-electron chi connectivity index (χ1n) is 9.66. The SMILES string of the molecule is CCNC(=NCc1ccc(C)cc1)N1CCN(C(=O)C2CCCO2)CC1.I. The van der Waals surface area contributed by atoms with Crippen LogP contribution in [0, 0.1) is 6.92 Å². The average Bonchev–Trinajstić information content (AvgIpc) is 3.21. The lowest BCUT2D eigenvalue weighted by atomic mass is 10.1. The Morgan fingerprint density at radius 3 is 2.44 bits per heavy atom. The lowest BCUT2D eigenvalue weighted by Crippen LogP contribution is -2.55. The van der Waals surface area contributed by atoms with Crippen LogP contribution in [0.5, 0.6) is 0 Å². The fraction of sp³-hybridized carbons (Fsp3) is 0.600. The predicted octanol–water partition coefficient (Wildman–Crippen LogP) is 2.40. The second-order valence-corrected chi connectivity index (χ2v) is 6.97. The van der Waals surface area contributed by atoms with Crippen LogP contribution in [0.1, 0.15) is 30.9 Å². The van der Waals surface area contributed by atoms with Gasteiger partial charge in [-0.25, -0.2) is 4.99 Å². The van der Waals surface area contributed by atoms with Crippen LogP contribution in [0.15, 0.2) is 29.3 Å². The van der Waals surface area contributed by atoms with E-state index in [4.69, 9.17) is 9.73 Å². The van der Waals surface area contributed by atoms with E-state index in [9.17, 15) is 4.79 Å². The van der Waals surface area contributed by atoms with Crippen molar-refractivity contribution >= 4 is 35.8 Å². The fourth-order valence-electron chi connectivity index (χ4n) is 3.40. The second-order valence-electron chi connectivity index (χ2n) is 6.97. The van der Waals surface area contributed by atoms with Gasteiger partial charge < -0.3 is 19.9 Å². The van der Waals surface area contributed by atoms with Crippen molar-refractivity contribution in [1.82, 2.24) is 15.1 Å². The highest BCUT2D eigenvalue weighted by atomic mass is 127. The van der Waals surface area contributed by atoms with Gasteiger partial charge in [-0.05, 0) is 32.3 Å². The molecule has 0 spiro atoms.